The zero-order valence-electron chi connectivity index (χ0n) is 12.5. The number of aromatic nitrogens is 1. The molecule has 0 saturated heterocycles. The molecular weight excluding hydrogens is 305 g/mol. The number of halogens is 1. The number of nitrogens with one attached hydrogen (secondary N) is 1. The van der Waals surface area contributed by atoms with Crippen LogP contribution in [0.15, 0.2) is 28.8 Å². The minimum Gasteiger partial charge on any atom is -0.452 e. The van der Waals surface area contributed by atoms with Crippen molar-refractivity contribution in [2.24, 2.45) is 0 Å². The van der Waals surface area contributed by atoms with E-state index in [4.69, 9.17) is 10.5 Å². The third-order valence-corrected chi connectivity index (χ3v) is 3.08. The van der Waals surface area contributed by atoms with Crippen molar-refractivity contribution in [1.29, 1.82) is 0 Å². The highest BCUT2D eigenvalue weighted by Gasteiger charge is 2.20. The second-order valence-corrected chi connectivity index (χ2v) is 4.81. The van der Waals surface area contributed by atoms with E-state index < -0.39 is 18.5 Å². The van der Waals surface area contributed by atoms with Crippen molar-refractivity contribution < 1.29 is 23.2 Å². The van der Waals surface area contributed by atoms with Gasteiger partial charge in [0.2, 0.25) is 5.88 Å². The van der Waals surface area contributed by atoms with E-state index in [1.165, 1.54) is 12.1 Å². The fourth-order valence-electron chi connectivity index (χ4n) is 1.89. The molecule has 0 unspecified atom stereocenters. The molecular formula is C15H16FN3O4. The van der Waals surface area contributed by atoms with Gasteiger partial charge in [-0.05, 0) is 31.0 Å². The predicted octanol–water partition coefficient (Wildman–Crippen LogP) is 1.22. The van der Waals surface area contributed by atoms with Gasteiger partial charge in [-0.25, -0.2) is 9.18 Å². The molecule has 0 aliphatic heterocycles. The standard InChI is InChI=1S/C15H16FN3O4/c1-9-13(14(17)23-19-9)15(21)22-8-12(20)18-7-6-10-2-4-11(16)5-3-10/h2-5H,6-8,17H2,1H3,(H,18,20). The van der Waals surface area contributed by atoms with Gasteiger partial charge in [-0.2, -0.15) is 0 Å². The van der Waals surface area contributed by atoms with E-state index >= 15 is 0 Å². The number of esters is 1. The monoisotopic (exact) mass is 321 g/mol. The van der Waals surface area contributed by atoms with E-state index in [1.54, 1.807) is 19.1 Å². The molecule has 1 amide bonds. The van der Waals surface area contributed by atoms with Crippen molar-refractivity contribution in [3.05, 3.63) is 46.9 Å². The topological polar surface area (TPSA) is 107 Å². The van der Waals surface area contributed by atoms with E-state index in [-0.39, 0.29) is 17.3 Å². The van der Waals surface area contributed by atoms with E-state index in [0.717, 1.165) is 5.56 Å². The van der Waals surface area contributed by atoms with Crippen molar-refractivity contribution in [3.63, 3.8) is 0 Å². The van der Waals surface area contributed by atoms with Crippen LogP contribution in [0.4, 0.5) is 10.3 Å². The summed E-state index contributed by atoms with van der Waals surface area (Å²) in [5, 5.41) is 6.12. The first-order valence-electron chi connectivity index (χ1n) is 6.87. The van der Waals surface area contributed by atoms with Gasteiger partial charge in [-0.1, -0.05) is 17.3 Å². The molecule has 0 aliphatic carbocycles. The molecule has 0 aliphatic rings. The van der Waals surface area contributed by atoms with Gasteiger partial charge in [0.15, 0.2) is 6.61 Å². The highest BCUT2D eigenvalue weighted by atomic mass is 19.1. The quantitative estimate of drug-likeness (QED) is 0.775. The van der Waals surface area contributed by atoms with Gasteiger partial charge < -0.3 is 20.3 Å². The van der Waals surface area contributed by atoms with E-state index in [0.29, 0.717) is 18.7 Å². The minimum absolute atomic E-state index is 0.0177. The number of amides is 1. The van der Waals surface area contributed by atoms with Crippen LogP contribution in [0.2, 0.25) is 0 Å². The van der Waals surface area contributed by atoms with E-state index in [2.05, 4.69) is 15.0 Å². The Morgan fingerprint density at radius 1 is 1.35 bits per heavy atom. The van der Waals surface area contributed by atoms with Crippen LogP contribution in [0.1, 0.15) is 21.6 Å². The Balaban J connectivity index is 1.73. The maximum atomic E-state index is 12.7. The number of nitrogen functional groups attached to an aromatic ring is 1. The average Bonchev–Trinajstić information content (AvgIpc) is 2.86. The molecule has 1 aromatic carbocycles. The second kappa shape index (κ2) is 7.39. The highest BCUT2D eigenvalue weighted by Crippen LogP contribution is 2.16. The Morgan fingerprint density at radius 2 is 2.04 bits per heavy atom. The van der Waals surface area contributed by atoms with E-state index in [9.17, 15) is 14.0 Å². The first kappa shape index (κ1) is 16.5. The number of benzene rings is 1. The predicted molar refractivity (Wildman–Crippen MR) is 79.0 cm³/mol. The molecule has 0 spiro atoms. The Hall–Kier alpha value is -2.90. The number of carbonyl (C=O) groups is 2. The number of hydrogen-bond acceptors (Lipinski definition) is 6. The summed E-state index contributed by atoms with van der Waals surface area (Å²) >= 11 is 0. The normalized spacial score (nSPS) is 10.3. The van der Waals surface area contributed by atoms with Gasteiger partial charge in [0.25, 0.3) is 5.91 Å². The maximum Gasteiger partial charge on any atom is 0.346 e. The Morgan fingerprint density at radius 3 is 2.65 bits per heavy atom. The van der Waals surface area contributed by atoms with Crippen molar-refractivity contribution in [1.82, 2.24) is 10.5 Å². The van der Waals surface area contributed by atoms with Crippen LogP contribution in [0.5, 0.6) is 0 Å². The van der Waals surface area contributed by atoms with Gasteiger partial charge in [-0.3, -0.25) is 4.79 Å². The third kappa shape index (κ3) is 4.53. The van der Waals surface area contributed by atoms with Crippen LogP contribution >= 0.6 is 0 Å². The fraction of sp³-hybridized carbons (Fsp3) is 0.267. The molecule has 2 aromatic rings. The number of anilines is 1. The Bertz CT molecular complexity index is 678. The molecule has 0 bridgehead atoms. The number of hydrogen-bond donors (Lipinski definition) is 2. The van der Waals surface area contributed by atoms with Crippen LogP contribution in [-0.4, -0.2) is 30.2 Å². The lowest BCUT2D eigenvalue weighted by molar-refractivity contribution is -0.124. The summed E-state index contributed by atoms with van der Waals surface area (Å²) in [4.78, 5) is 23.4. The largest absolute Gasteiger partial charge is 0.452 e. The van der Waals surface area contributed by atoms with Crippen LogP contribution in [0.3, 0.4) is 0 Å². The number of rotatable bonds is 6. The number of nitrogens with zero attached hydrogens (tertiary/aromatic N) is 1. The Labute approximate surface area is 131 Å². The maximum absolute atomic E-state index is 12.7. The lowest BCUT2D eigenvalue weighted by Gasteiger charge is -2.06. The summed E-state index contributed by atoms with van der Waals surface area (Å²) in [6, 6.07) is 5.98. The van der Waals surface area contributed by atoms with Crippen LogP contribution < -0.4 is 11.1 Å². The summed E-state index contributed by atoms with van der Waals surface area (Å²) in [7, 11) is 0. The van der Waals surface area contributed by atoms with Gasteiger partial charge in [0, 0.05) is 6.54 Å². The third-order valence-electron chi connectivity index (χ3n) is 3.08. The molecule has 0 radical (unpaired) electrons. The molecule has 0 fully saturated rings. The summed E-state index contributed by atoms with van der Waals surface area (Å²) in [5.74, 6) is -1.68. The first-order chi connectivity index (χ1) is 11.0. The highest BCUT2D eigenvalue weighted by molar-refractivity contribution is 5.96. The molecule has 3 N–H and O–H groups in total. The molecule has 8 heteroatoms. The smallest absolute Gasteiger partial charge is 0.346 e. The van der Waals surface area contributed by atoms with Gasteiger partial charge in [0.1, 0.15) is 11.4 Å². The van der Waals surface area contributed by atoms with Crippen LogP contribution in [0.25, 0.3) is 0 Å². The zero-order valence-corrected chi connectivity index (χ0v) is 12.5. The number of ether oxygens (including phenoxy) is 1. The SMILES string of the molecule is Cc1noc(N)c1C(=O)OCC(=O)NCCc1ccc(F)cc1. The van der Waals surface area contributed by atoms with Gasteiger partial charge in [-0.15, -0.1) is 0 Å². The van der Waals surface area contributed by atoms with Crippen LogP contribution in [0, 0.1) is 12.7 Å². The number of aryl methyl sites for hydroxylation is 1. The van der Waals surface area contributed by atoms with Crippen molar-refractivity contribution in [3.8, 4) is 0 Å². The number of carbonyl (C=O) groups excluding carboxylic acids is 2. The second-order valence-electron chi connectivity index (χ2n) is 4.81. The van der Waals surface area contributed by atoms with Gasteiger partial charge in [0.05, 0.1) is 5.69 Å². The molecule has 0 saturated carbocycles. The molecule has 1 aromatic heterocycles. The number of nitrogens with two attached hydrogens (primary N) is 1. The Kier molecular flexibility index (Phi) is 5.29. The van der Waals surface area contributed by atoms with Gasteiger partial charge >= 0.3 is 5.97 Å². The summed E-state index contributed by atoms with van der Waals surface area (Å²) in [6.45, 7) is 1.45. The lowest BCUT2D eigenvalue weighted by Crippen LogP contribution is -2.30. The van der Waals surface area contributed by atoms with Crippen molar-refractivity contribution >= 4 is 17.8 Å². The first-order valence-corrected chi connectivity index (χ1v) is 6.87. The van der Waals surface area contributed by atoms with E-state index in [1.807, 2.05) is 0 Å². The van der Waals surface area contributed by atoms with Crippen molar-refractivity contribution in [2.75, 3.05) is 18.9 Å². The zero-order chi connectivity index (χ0) is 16.8. The fourth-order valence-corrected chi connectivity index (χ4v) is 1.89. The molecule has 122 valence electrons. The molecule has 2 rings (SSSR count). The summed E-state index contributed by atoms with van der Waals surface area (Å²) in [6.07, 6.45) is 0.539. The summed E-state index contributed by atoms with van der Waals surface area (Å²) < 4.78 is 22.2. The van der Waals surface area contributed by atoms with Crippen molar-refractivity contribution in [2.45, 2.75) is 13.3 Å². The molecule has 23 heavy (non-hydrogen) atoms. The van der Waals surface area contributed by atoms with Crippen LogP contribution in [-0.2, 0) is 16.0 Å². The molecule has 1 heterocycles. The minimum atomic E-state index is -0.769. The lowest BCUT2D eigenvalue weighted by atomic mass is 10.1. The molecule has 7 nitrogen and oxygen atoms in total. The summed E-state index contributed by atoms with van der Waals surface area (Å²) in [5.41, 5.74) is 6.65. The average molecular weight is 321 g/mol. The molecule has 0 atom stereocenters.